The van der Waals surface area contributed by atoms with E-state index >= 15 is 0 Å². The second-order valence-corrected chi connectivity index (χ2v) is 9.37. The number of ether oxygens (including phenoxy) is 1. The van der Waals surface area contributed by atoms with Crippen molar-refractivity contribution in [2.45, 2.75) is 91.2 Å². The van der Waals surface area contributed by atoms with Crippen molar-refractivity contribution in [2.24, 2.45) is 0 Å². The third kappa shape index (κ3) is 36.9. The molecule has 0 fully saturated rings. The van der Waals surface area contributed by atoms with Gasteiger partial charge in [0.25, 0.3) is 0 Å². The molecule has 6 heteroatoms. The van der Waals surface area contributed by atoms with Crippen LogP contribution in [0.25, 0.3) is 16.0 Å². The predicted octanol–water partition coefficient (Wildman–Crippen LogP) is 8.04. The molecule has 1 aliphatic rings. The van der Waals surface area contributed by atoms with Gasteiger partial charge < -0.3 is 16.0 Å². The van der Waals surface area contributed by atoms with Crippen LogP contribution in [0.15, 0.2) is 22.1 Å². The molecule has 32 heavy (non-hydrogen) atoms. The normalized spacial score (nSPS) is 11.0. The van der Waals surface area contributed by atoms with Crippen LogP contribution in [-0.4, -0.2) is 52.3 Å². The molecule has 0 radical (unpaired) electrons. The van der Waals surface area contributed by atoms with Crippen molar-refractivity contribution in [3.8, 4) is 0 Å². The number of carbonyl (C=O) groups excluding carboxylic acids is 1. The minimum absolute atomic E-state index is 0.0715. The first-order valence-electron chi connectivity index (χ1n) is 12.6. The van der Waals surface area contributed by atoms with Crippen LogP contribution in [0, 0.1) is 0 Å². The first-order chi connectivity index (χ1) is 15.6. The van der Waals surface area contributed by atoms with E-state index in [0.717, 1.165) is 45.7 Å². The molecule has 5 nitrogen and oxygen atoms in total. The molecule has 0 aromatic carbocycles. The summed E-state index contributed by atoms with van der Waals surface area (Å²) in [5.41, 5.74) is 0. The molecule has 0 heterocycles. The topological polar surface area (TPSA) is 68.6 Å². The van der Waals surface area contributed by atoms with Gasteiger partial charge >= 0.3 is 75.0 Å². The van der Waals surface area contributed by atoms with Crippen molar-refractivity contribution >= 4 is 5.97 Å². The van der Waals surface area contributed by atoms with Gasteiger partial charge in [-0.05, 0) is 0 Å². The van der Waals surface area contributed by atoms with Gasteiger partial charge in [0.2, 0.25) is 0 Å². The Morgan fingerprint density at radius 2 is 1.16 bits per heavy atom. The SMILES string of the molecule is CCC[N-]CCC.CCC[N-]CCC.CCC[N-]CCC.COC(=O)[CH2][Ti+3][C]1=CC=CC1. The van der Waals surface area contributed by atoms with Crippen molar-refractivity contribution in [1.82, 2.24) is 0 Å². The van der Waals surface area contributed by atoms with Crippen molar-refractivity contribution in [2.75, 3.05) is 46.4 Å². The number of hydrogen-bond donors (Lipinski definition) is 0. The van der Waals surface area contributed by atoms with Gasteiger partial charge in [-0.25, -0.2) is 0 Å². The van der Waals surface area contributed by atoms with Crippen LogP contribution < -0.4 is 0 Å². The fourth-order valence-corrected chi connectivity index (χ4v) is 3.67. The van der Waals surface area contributed by atoms with Gasteiger partial charge in [0.15, 0.2) is 0 Å². The molecule has 0 atom stereocenters. The molecule has 0 aromatic heterocycles. The predicted molar refractivity (Wildman–Crippen MR) is 140 cm³/mol. The molecule has 0 aliphatic heterocycles. The van der Waals surface area contributed by atoms with Crippen molar-refractivity contribution < 1.29 is 28.7 Å². The Morgan fingerprint density at radius 3 is 1.41 bits per heavy atom. The van der Waals surface area contributed by atoms with Crippen LogP contribution in [0.3, 0.4) is 0 Å². The molecule has 0 N–H and O–H groups in total. The van der Waals surface area contributed by atoms with Crippen molar-refractivity contribution in [3.05, 3.63) is 38.1 Å². The Balaban J connectivity index is -0.000000361. The van der Waals surface area contributed by atoms with Gasteiger partial charge in [0.1, 0.15) is 0 Å². The number of nitrogens with zero attached hydrogens (tertiary/aromatic N) is 3. The summed E-state index contributed by atoms with van der Waals surface area (Å²) in [5.74, 6) is -0.0715. The van der Waals surface area contributed by atoms with E-state index in [0.29, 0.717) is 4.73 Å². The van der Waals surface area contributed by atoms with Crippen LogP contribution >= 0.6 is 0 Å². The number of carbonyl (C=O) groups is 1. The number of allylic oxidation sites excluding steroid dienone is 4. The summed E-state index contributed by atoms with van der Waals surface area (Å²) in [7, 11) is 1.44. The Labute approximate surface area is 209 Å². The summed E-state index contributed by atoms with van der Waals surface area (Å²) in [5, 5.41) is 12.6. The summed E-state index contributed by atoms with van der Waals surface area (Å²) >= 11 is -0.229. The van der Waals surface area contributed by atoms with Gasteiger partial charge in [-0.1, -0.05) is 80.1 Å². The second-order valence-electron chi connectivity index (χ2n) is 7.27. The van der Waals surface area contributed by atoms with E-state index in [2.05, 4.69) is 80.5 Å². The van der Waals surface area contributed by atoms with Gasteiger partial charge in [0.05, 0.1) is 0 Å². The first kappa shape index (κ1) is 36.1. The van der Waals surface area contributed by atoms with Gasteiger partial charge in [-0.15, -0.1) is 39.3 Å². The molecule has 0 saturated heterocycles. The number of methoxy groups -OCH3 is 1. The molecular weight excluding hydrogens is 434 g/mol. The molecule has 187 valence electrons. The van der Waals surface area contributed by atoms with Crippen molar-refractivity contribution in [3.63, 3.8) is 0 Å². The Morgan fingerprint density at radius 1 is 0.781 bits per heavy atom. The number of hydrogen-bond acceptors (Lipinski definition) is 2. The minimum atomic E-state index is -0.229. The zero-order valence-electron chi connectivity index (χ0n) is 22.3. The molecule has 0 spiro atoms. The zero-order chi connectivity index (χ0) is 24.7. The summed E-state index contributed by atoms with van der Waals surface area (Å²) < 4.78 is 6.62. The monoisotopic (exact) mass is 486 g/mol. The number of esters is 1. The second kappa shape index (κ2) is 35.1. The quantitative estimate of drug-likeness (QED) is 0.133. The Hall–Kier alpha value is -0.456. The van der Waals surface area contributed by atoms with E-state index in [1.165, 1.54) is 49.5 Å². The number of rotatable bonds is 15. The van der Waals surface area contributed by atoms with E-state index in [-0.39, 0.29) is 25.1 Å². The third-order valence-electron chi connectivity index (χ3n) is 3.75. The molecule has 1 aliphatic carbocycles. The van der Waals surface area contributed by atoms with E-state index in [1.54, 1.807) is 0 Å². The molecule has 0 bridgehead atoms. The molecular formula is C26H52N3O2Ti. The Bertz CT molecular complexity index is 380. The molecule has 0 unspecified atom stereocenters. The average molecular weight is 487 g/mol. The maximum atomic E-state index is 10.7. The third-order valence-corrected chi connectivity index (χ3v) is 5.76. The molecule has 0 amide bonds. The van der Waals surface area contributed by atoms with Crippen LogP contribution in [0.2, 0.25) is 4.73 Å². The summed E-state index contributed by atoms with van der Waals surface area (Å²) in [6.45, 7) is 19.2. The van der Waals surface area contributed by atoms with Gasteiger partial charge in [0, 0.05) is 0 Å². The van der Waals surface area contributed by atoms with E-state index < -0.39 is 0 Å². The molecule has 0 saturated carbocycles. The van der Waals surface area contributed by atoms with Crippen LogP contribution in [0.1, 0.15) is 86.5 Å². The summed E-state index contributed by atoms with van der Waals surface area (Å²) in [6.07, 6.45) is 14.5. The maximum absolute atomic E-state index is 10.7. The first-order valence-corrected chi connectivity index (χ1v) is 14.5. The molecule has 0 aromatic rings. The molecule has 1 rings (SSSR count). The summed E-state index contributed by atoms with van der Waals surface area (Å²) in [6, 6.07) is 0. The summed E-state index contributed by atoms with van der Waals surface area (Å²) in [4.78, 5) is 10.7. The standard InChI is InChI=1S/3C6H14N.C5H5.C3H5O2.Ti/c3*1-3-5-7-6-4-2;1-2-4-5-3-1;1-3(4)5-2;/h3*3-6H2,1-2H3;1-3H,4H2;1H2,2H3;/q3*-1;;;+3. The van der Waals surface area contributed by atoms with E-state index in [4.69, 9.17) is 0 Å². The van der Waals surface area contributed by atoms with Crippen LogP contribution in [0.5, 0.6) is 0 Å². The fourth-order valence-electron chi connectivity index (χ4n) is 2.12. The Kier molecular flexibility index (Phi) is 39.7. The zero-order valence-corrected chi connectivity index (χ0v) is 23.9. The van der Waals surface area contributed by atoms with E-state index in [1.807, 2.05) is 0 Å². The van der Waals surface area contributed by atoms with Crippen molar-refractivity contribution in [1.29, 1.82) is 0 Å². The van der Waals surface area contributed by atoms with Crippen LogP contribution in [0.4, 0.5) is 0 Å². The van der Waals surface area contributed by atoms with Gasteiger partial charge in [-0.2, -0.15) is 0 Å². The fraction of sp³-hybridized carbons (Fsp3) is 0.808. The average Bonchev–Trinajstić information content (AvgIpc) is 3.34. The van der Waals surface area contributed by atoms with Crippen LogP contribution in [-0.2, 0) is 28.7 Å². The van der Waals surface area contributed by atoms with Gasteiger partial charge in [-0.3, -0.25) is 0 Å². The van der Waals surface area contributed by atoms with E-state index in [9.17, 15) is 4.79 Å².